The lowest BCUT2D eigenvalue weighted by Gasteiger charge is -2.34. The van der Waals surface area contributed by atoms with Crippen molar-refractivity contribution in [2.45, 2.75) is 69.1 Å². The molecule has 16 nitrogen and oxygen atoms in total. The number of amides is 4. The molecule has 3 aliphatic heterocycles. The number of hydrogen-bond acceptors (Lipinski definition) is 10. The van der Waals surface area contributed by atoms with E-state index < -0.39 is 30.1 Å². The Labute approximate surface area is 375 Å². The van der Waals surface area contributed by atoms with Crippen molar-refractivity contribution in [1.82, 2.24) is 45.4 Å². The Hall–Kier alpha value is -6.88. The van der Waals surface area contributed by atoms with Crippen molar-refractivity contribution in [2.75, 3.05) is 40.5 Å². The van der Waals surface area contributed by atoms with E-state index in [4.69, 9.17) is 24.2 Å². The van der Waals surface area contributed by atoms with Crippen LogP contribution in [-0.2, 0) is 23.8 Å². The van der Waals surface area contributed by atoms with Crippen LogP contribution in [0.4, 0.5) is 14.0 Å². The highest BCUT2D eigenvalue weighted by molar-refractivity contribution is 5.88. The second kappa shape index (κ2) is 19.1. The molecule has 17 heteroatoms. The SMILES string of the molecule is COC(=O)NC(C(=O)N1CCCC1c1ncc(-c2ccc3nc(-c4ccc(-c5cnc(C6CCCN6C(=O)C(NC(=O)OC)C6CCOCC6)[nH]5)cc4F)ccc3c2)[nH]1)C1C=CCC=C1. The topological polar surface area (TPSA) is 197 Å². The molecule has 4 amide bonds. The number of methoxy groups -OCH3 is 2. The number of carbonyl (C=O) groups excluding carboxylic acids is 4. The van der Waals surface area contributed by atoms with Gasteiger partial charge < -0.3 is 44.6 Å². The number of halogens is 1. The summed E-state index contributed by atoms with van der Waals surface area (Å²) in [6, 6.07) is 12.3. The van der Waals surface area contributed by atoms with Crippen molar-refractivity contribution in [2.24, 2.45) is 11.8 Å². The number of H-pyrrole nitrogens is 2. The molecule has 9 rings (SSSR count). The monoisotopic (exact) mass is 885 g/mol. The number of fused-ring (bicyclic) bond motifs is 1. The van der Waals surface area contributed by atoms with E-state index in [1.54, 1.807) is 34.3 Å². The molecule has 0 radical (unpaired) electrons. The summed E-state index contributed by atoms with van der Waals surface area (Å²) in [4.78, 5) is 77.0. The zero-order valence-corrected chi connectivity index (χ0v) is 36.3. The molecule has 3 fully saturated rings. The van der Waals surface area contributed by atoms with Crippen molar-refractivity contribution in [3.05, 3.63) is 103 Å². The van der Waals surface area contributed by atoms with Gasteiger partial charge >= 0.3 is 12.2 Å². The Kier molecular flexibility index (Phi) is 12.7. The summed E-state index contributed by atoms with van der Waals surface area (Å²) in [5, 5.41) is 6.38. The van der Waals surface area contributed by atoms with E-state index in [2.05, 4.69) is 25.6 Å². The van der Waals surface area contributed by atoms with Crippen LogP contribution in [0.5, 0.6) is 0 Å². The number of ether oxygens (including phenoxy) is 3. The molecule has 3 aromatic heterocycles. The first-order valence-corrected chi connectivity index (χ1v) is 22.2. The van der Waals surface area contributed by atoms with Crippen LogP contribution in [0.25, 0.3) is 44.7 Å². The van der Waals surface area contributed by atoms with Gasteiger partial charge in [0.15, 0.2) is 0 Å². The fourth-order valence-corrected chi connectivity index (χ4v) is 9.59. The van der Waals surface area contributed by atoms with E-state index in [1.807, 2.05) is 54.6 Å². The zero-order valence-electron chi connectivity index (χ0n) is 36.3. The molecule has 5 aromatic rings. The lowest BCUT2D eigenvalue weighted by atomic mass is 9.90. The minimum atomic E-state index is -0.811. The van der Waals surface area contributed by atoms with Crippen molar-refractivity contribution < 1.29 is 37.8 Å². The minimum Gasteiger partial charge on any atom is -0.453 e. The molecule has 4 unspecified atom stereocenters. The number of allylic oxidation sites excluding steroid dienone is 2. The zero-order chi connectivity index (χ0) is 45.0. The molecule has 6 heterocycles. The van der Waals surface area contributed by atoms with Crippen molar-refractivity contribution in [3.63, 3.8) is 0 Å². The molecule has 1 aliphatic carbocycles. The number of benzene rings is 2. The normalized spacial score (nSPS) is 19.9. The maximum Gasteiger partial charge on any atom is 0.407 e. The van der Waals surface area contributed by atoms with Crippen LogP contribution in [0.15, 0.2) is 85.2 Å². The van der Waals surface area contributed by atoms with E-state index in [9.17, 15) is 19.2 Å². The van der Waals surface area contributed by atoms with Crippen molar-refractivity contribution >= 4 is 34.9 Å². The molecule has 338 valence electrons. The number of imidazole rings is 2. The molecular weight excluding hydrogens is 834 g/mol. The van der Waals surface area contributed by atoms with E-state index in [0.29, 0.717) is 85.2 Å². The van der Waals surface area contributed by atoms with Crippen molar-refractivity contribution in [3.8, 4) is 33.8 Å². The van der Waals surface area contributed by atoms with Crippen LogP contribution in [-0.4, -0.2) is 111 Å². The molecule has 0 spiro atoms. The first kappa shape index (κ1) is 43.4. The molecule has 65 heavy (non-hydrogen) atoms. The van der Waals surface area contributed by atoms with Gasteiger partial charge in [0.1, 0.15) is 29.5 Å². The highest BCUT2D eigenvalue weighted by atomic mass is 19.1. The molecule has 3 saturated heterocycles. The highest BCUT2D eigenvalue weighted by Gasteiger charge is 2.41. The number of carbonyl (C=O) groups is 4. The second-order valence-electron chi connectivity index (χ2n) is 16.9. The lowest BCUT2D eigenvalue weighted by molar-refractivity contribution is -0.137. The molecule has 4 atom stereocenters. The van der Waals surface area contributed by atoms with Gasteiger partial charge in [0, 0.05) is 54.3 Å². The number of nitrogens with zero attached hydrogens (tertiary/aromatic N) is 5. The summed E-state index contributed by atoms with van der Waals surface area (Å²) in [7, 11) is 2.56. The number of pyridine rings is 1. The smallest absolute Gasteiger partial charge is 0.407 e. The van der Waals surface area contributed by atoms with Gasteiger partial charge in [0.2, 0.25) is 11.8 Å². The summed E-state index contributed by atoms with van der Waals surface area (Å²) in [5.41, 5.74) is 4.37. The van der Waals surface area contributed by atoms with E-state index in [0.717, 1.165) is 42.3 Å². The number of hydrogen-bond donors (Lipinski definition) is 4. The Balaban J connectivity index is 0.881. The van der Waals surface area contributed by atoms with Gasteiger partial charge in [-0.25, -0.2) is 28.9 Å². The second-order valence-corrected chi connectivity index (χ2v) is 16.9. The number of aromatic amines is 2. The third-order valence-electron chi connectivity index (χ3n) is 13.0. The first-order valence-electron chi connectivity index (χ1n) is 22.2. The van der Waals surface area contributed by atoms with Crippen LogP contribution in [0.3, 0.4) is 0 Å². The van der Waals surface area contributed by atoms with Crippen LogP contribution < -0.4 is 10.6 Å². The fraction of sp³-hybridized carbons (Fsp3) is 0.396. The summed E-state index contributed by atoms with van der Waals surface area (Å²) < 4.78 is 31.2. The number of alkyl carbamates (subject to hydrolysis) is 2. The molecule has 0 bridgehead atoms. The van der Waals surface area contributed by atoms with Crippen LogP contribution in [0.2, 0.25) is 0 Å². The molecule has 4 N–H and O–H groups in total. The Bertz CT molecular complexity index is 2630. The Morgan fingerprint density at radius 1 is 0.754 bits per heavy atom. The van der Waals surface area contributed by atoms with Crippen LogP contribution in [0, 0.1) is 17.7 Å². The summed E-state index contributed by atoms with van der Waals surface area (Å²) in [5.74, 6) is 0.0683. The Morgan fingerprint density at radius 3 is 1.95 bits per heavy atom. The van der Waals surface area contributed by atoms with Gasteiger partial charge in [-0.2, -0.15) is 0 Å². The third kappa shape index (κ3) is 9.10. The summed E-state index contributed by atoms with van der Waals surface area (Å²) in [6.07, 6.45) is 15.0. The van der Waals surface area contributed by atoms with E-state index >= 15 is 4.39 Å². The van der Waals surface area contributed by atoms with Gasteiger partial charge in [-0.3, -0.25) is 9.59 Å². The highest BCUT2D eigenvalue weighted by Crippen LogP contribution is 2.36. The maximum atomic E-state index is 16.0. The average molecular weight is 886 g/mol. The van der Waals surface area contributed by atoms with Gasteiger partial charge in [0.05, 0.1) is 61.3 Å². The number of aromatic nitrogens is 5. The molecular formula is C48H52FN9O7. The molecule has 0 saturated carbocycles. The van der Waals surface area contributed by atoms with E-state index in [1.165, 1.54) is 20.3 Å². The van der Waals surface area contributed by atoms with Crippen LogP contribution >= 0.6 is 0 Å². The van der Waals surface area contributed by atoms with Crippen LogP contribution in [0.1, 0.15) is 68.7 Å². The van der Waals surface area contributed by atoms with Gasteiger partial charge in [0.25, 0.3) is 0 Å². The number of rotatable bonds is 11. The minimum absolute atomic E-state index is 0.0770. The molecule has 2 aromatic carbocycles. The van der Waals surface area contributed by atoms with Gasteiger partial charge in [-0.05, 0) is 81.2 Å². The van der Waals surface area contributed by atoms with Gasteiger partial charge in [-0.15, -0.1) is 0 Å². The fourth-order valence-electron chi connectivity index (χ4n) is 9.59. The number of nitrogens with one attached hydrogen (secondary N) is 4. The first-order chi connectivity index (χ1) is 31.7. The standard InChI is InChI=1S/C48H52FN9O7/c1-63-47(61)55-41(28-8-4-3-5-9-28)45(59)57-20-6-10-39(57)43-50-26-37(53-43)31-13-16-35-30(24-31)14-17-36(52-35)33-15-12-32(25-34(33)49)38-27-51-44(54-38)40-11-7-21-58(40)46(60)42(56-48(62)64-2)29-18-22-65-23-19-29/h4-5,8-9,12-17,24-29,39-42H,3,6-7,10-11,18-23H2,1-2H3,(H,50,53)(H,51,54)(H,55,61)(H,56,62). The largest absolute Gasteiger partial charge is 0.453 e. The third-order valence-corrected chi connectivity index (χ3v) is 13.0. The number of likely N-dealkylation sites (tertiary alicyclic amines) is 2. The van der Waals surface area contributed by atoms with E-state index in [-0.39, 0.29) is 35.7 Å². The van der Waals surface area contributed by atoms with Gasteiger partial charge in [-0.1, -0.05) is 42.5 Å². The molecule has 4 aliphatic rings. The predicted molar refractivity (Wildman–Crippen MR) is 238 cm³/mol. The average Bonchev–Trinajstić information content (AvgIpc) is 4.20. The Morgan fingerprint density at radius 2 is 1.34 bits per heavy atom. The van der Waals surface area contributed by atoms with Crippen molar-refractivity contribution in [1.29, 1.82) is 0 Å². The maximum absolute atomic E-state index is 16.0. The lowest BCUT2D eigenvalue weighted by Crippen LogP contribution is -2.53. The quantitative estimate of drug-likeness (QED) is 0.0989. The predicted octanol–water partition coefficient (Wildman–Crippen LogP) is 7.16. The summed E-state index contributed by atoms with van der Waals surface area (Å²) in [6.45, 7) is 2.11. The summed E-state index contributed by atoms with van der Waals surface area (Å²) >= 11 is 0.